The van der Waals surface area contributed by atoms with Crippen molar-refractivity contribution in [2.24, 2.45) is 0 Å². The van der Waals surface area contributed by atoms with Gasteiger partial charge in [0.15, 0.2) is 0 Å². The minimum absolute atomic E-state index is 0.112. The van der Waals surface area contributed by atoms with Crippen LogP contribution >= 0.6 is 11.6 Å². The third-order valence-corrected chi connectivity index (χ3v) is 4.07. The summed E-state index contributed by atoms with van der Waals surface area (Å²) in [6, 6.07) is 5.94. The van der Waals surface area contributed by atoms with Crippen LogP contribution in [0.2, 0.25) is 5.02 Å². The van der Waals surface area contributed by atoms with Crippen LogP contribution in [0.3, 0.4) is 0 Å². The zero-order valence-corrected chi connectivity index (χ0v) is 13.1. The van der Waals surface area contributed by atoms with Crippen molar-refractivity contribution in [3.05, 3.63) is 64.8 Å². The van der Waals surface area contributed by atoms with Crippen LogP contribution in [-0.4, -0.2) is 27.5 Å². The highest BCUT2D eigenvalue weighted by molar-refractivity contribution is 6.30. The molecule has 4 rings (SSSR count). The van der Waals surface area contributed by atoms with Gasteiger partial charge in [0, 0.05) is 17.1 Å². The lowest BCUT2D eigenvalue weighted by Gasteiger charge is -2.16. The molecule has 0 saturated carbocycles. The maximum atomic E-state index is 8.38. The molecular formula is C19H20ClN3. The lowest BCUT2D eigenvalue weighted by atomic mass is 10.2. The van der Waals surface area contributed by atoms with Crippen LogP contribution in [0.15, 0.2) is 48.4 Å². The van der Waals surface area contributed by atoms with Crippen LogP contribution in [0.1, 0.15) is 35.1 Å². The van der Waals surface area contributed by atoms with Crippen LogP contribution in [0.4, 0.5) is 0 Å². The first-order chi connectivity index (χ1) is 14.4. The van der Waals surface area contributed by atoms with E-state index in [0.717, 1.165) is 5.56 Å². The van der Waals surface area contributed by atoms with Crippen LogP contribution in [0.25, 0.3) is 11.0 Å². The molecule has 0 bridgehead atoms. The van der Waals surface area contributed by atoms with E-state index < -0.39 is 12.7 Å². The Kier molecular flexibility index (Phi) is 2.29. The number of likely N-dealkylation sites (tertiary alicyclic amines) is 1. The lowest BCUT2D eigenvalue weighted by molar-refractivity contribution is 0.318. The van der Waals surface area contributed by atoms with Crippen molar-refractivity contribution in [3.63, 3.8) is 0 Å². The summed E-state index contributed by atoms with van der Waals surface area (Å²) in [5.74, 6) is 0.422. The molecule has 0 amide bonds. The number of para-hydroxylation sites is 2. The predicted octanol–water partition coefficient (Wildman–Crippen LogP) is 4.33. The zero-order valence-electron chi connectivity index (χ0n) is 20.4. The second kappa shape index (κ2) is 6.34. The summed E-state index contributed by atoms with van der Waals surface area (Å²) in [5.41, 5.74) is 1.26. The van der Waals surface area contributed by atoms with Gasteiger partial charge in [-0.1, -0.05) is 35.8 Å². The molecule has 1 aliphatic rings. The van der Waals surface area contributed by atoms with Crippen LogP contribution < -0.4 is 0 Å². The van der Waals surface area contributed by atoms with Crippen LogP contribution in [-0.2, 0) is 13.1 Å². The molecule has 3 nitrogen and oxygen atoms in total. The standard InChI is InChI=1S/C19H20ClN3/c20-16-9-7-15(8-10-16)13-23-18-6-2-1-5-17(18)21-19(23)14-22-11-3-4-12-22/h1-2,5-10H,3-4,11-14H2/i1D,2D,3D2,4D2,5D,6D. The monoisotopic (exact) mass is 333 g/mol. The fourth-order valence-electron chi connectivity index (χ4n) is 2.66. The first kappa shape index (κ1) is 8.32. The smallest absolute Gasteiger partial charge is 0.124 e. The molecule has 3 aromatic rings. The molecule has 1 saturated heterocycles. The van der Waals surface area contributed by atoms with Gasteiger partial charge in [-0.2, -0.15) is 0 Å². The van der Waals surface area contributed by atoms with E-state index in [2.05, 4.69) is 4.98 Å². The van der Waals surface area contributed by atoms with Crippen molar-refractivity contribution < 1.29 is 11.0 Å². The molecule has 1 fully saturated rings. The van der Waals surface area contributed by atoms with E-state index in [1.165, 1.54) is 0 Å². The summed E-state index contributed by atoms with van der Waals surface area (Å²) >= 11 is 5.97. The van der Waals surface area contributed by atoms with E-state index in [1.807, 2.05) is 12.1 Å². The van der Waals surface area contributed by atoms with Gasteiger partial charge in [-0.05, 0) is 55.6 Å². The van der Waals surface area contributed by atoms with Gasteiger partial charge in [0.2, 0.25) is 0 Å². The highest BCUT2D eigenvalue weighted by Crippen LogP contribution is 2.21. The van der Waals surface area contributed by atoms with Crippen molar-refractivity contribution in [2.75, 3.05) is 13.1 Å². The lowest BCUT2D eigenvalue weighted by Crippen LogP contribution is -2.21. The summed E-state index contributed by atoms with van der Waals surface area (Å²) in [6.45, 7) is 0.164. The Labute approximate surface area is 152 Å². The largest absolute Gasteiger partial charge is 0.322 e. The summed E-state index contributed by atoms with van der Waals surface area (Å²) in [4.78, 5) is 6.11. The van der Waals surface area contributed by atoms with Crippen LogP contribution in [0.5, 0.6) is 0 Å². The number of hydrogen-bond donors (Lipinski definition) is 0. The summed E-state index contributed by atoms with van der Waals surface area (Å²) in [5, 5.41) is 0.572. The molecule has 0 aliphatic carbocycles. The summed E-state index contributed by atoms with van der Waals surface area (Å²) in [6.07, 6.45) is -4.02. The SMILES string of the molecule is [2H]c1c([2H])c([2H])c2c(nc(CN3CC([2H])([2H])C([2H])([2H])C3)n2Cc2ccc(Cl)cc2)c1[2H]. The molecule has 4 heteroatoms. The minimum Gasteiger partial charge on any atom is -0.322 e. The number of benzene rings is 2. The van der Waals surface area contributed by atoms with Gasteiger partial charge in [0.05, 0.1) is 23.1 Å². The highest BCUT2D eigenvalue weighted by Gasteiger charge is 2.17. The Hall–Kier alpha value is -1.84. The Morgan fingerprint density at radius 2 is 1.83 bits per heavy atom. The molecule has 2 heterocycles. The van der Waals surface area contributed by atoms with Gasteiger partial charge in [-0.25, -0.2) is 4.98 Å². The average Bonchev–Trinajstić information content (AvgIpc) is 3.13. The maximum absolute atomic E-state index is 8.38. The van der Waals surface area contributed by atoms with Crippen molar-refractivity contribution in [1.82, 2.24) is 14.5 Å². The first-order valence-electron chi connectivity index (χ1n) is 11.3. The number of fused-ring (bicyclic) bond motifs is 1. The summed E-state index contributed by atoms with van der Waals surface area (Å²) < 4.78 is 66.2. The number of imidazole rings is 1. The Bertz CT molecular complexity index is 1140. The molecule has 2 aromatic carbocycles. The normalized spacial score (nSPS) is 24.9. The van der Waals surface area contributed by atoms with E-state index >= 15 is 0 Å². The third kappa shape index (κ3) is 3.12. The number of hydrogen-bond acceptors (Lipinski definition) is 2. The number of halogens is 1. The number of nitrogens with zero attached hydrogens (tertiary/aromatic N) is 3. The van der Waals surface area contributed by atoms with E-state index in [9.17, 15) is 0 Å². The van der Waals surface area contributed by atoms with Crippen LogP contribution in [0, 0.1) is 0 Å². The molecule has 23 heavy (non-hydrogen) atoms. The van der Waals surface area contributed by atoms with Gasteiger partial charge in [-0.3, -0.25) is 4.90 Å². The van der Waals surface area contributed by atoms with Crippen molar-refractivity contribution >= 4 is 22.6 Å². The number of aromatic nitrogens is 2. The van der Waals surface area contributed by atoms with Crippen molar-refractivity contribution in [2.45, 2.75) is 25.8 Å². The second-order valence-corrected chi connectivity index (χ2v) is 5.87. The molecule has 1 aliphatic heterocycles. The first-order valence-corrected chi connectivity index (χ1v) is 7.71. The van der Waals surface area contributed by atoms with Gasteiger partial charge < -0.3 is 4.57 Å². The molecule has 0 atom stereocenters. The molecule has 0 N–H and O–H groups in total. The van der Waals surface area contributed by atoms with E-state index in [0.29, 0.717) is 10.8 Å². The van der Waals surface area contributed by atoms with Gasteiger partial charge in [0.1, 0.15) is 5.82 Å². The Morgan fingerprint density at radius 1 is 1.09 bits per heavy atom. The summed E-state index contributed by atoms with van der Waals surface area (Å²) in [7, 11) is 0. The molecule has 0 unspecified atom stereocenters. The van der Waals surface area contributed by atoms with Gasteiger partial charge in [-0.15, -0.1) is 0 Å². The van der Waals surface area contributed by atoms with E-state index in [1.54, 1.807) is 21.6 Å². The topological polar surface area (TPSA) is 21.1 Å². The minimum atomic E-state index is -2.01. The average molecular weight is 334 g/mol. The quantitative estimate of drug-likeness (QED) is 0.708. The second-order valence-electron chi connectivity index (χ2n) is 5.44. The fraction of sp³-hybridized carbons (Fsp3) is 0.316. The van der Waals surface area contributed by atoms with Crippen molar-refractivity contribution in [1.29, 1.82) is 0 Å². The van der Waals surface area contributed by atoms with Gasteiger partial charge >= 0.3 is 0 Å². The highest BCUT2D eigenvalue weighted by atomic mass is 35.5. The van der Waals surface area contributed by atoms with Gasteiger partial charge in [0.25, 0.3) is 0 Å². The molecule has 0 spiro atoms. The zero-order chi connectivity index (χ0) is 22.7. The third-order valence-electron chi connectivity index (χ3n) is 3.82. The molecule has 0 radical (unpaired) electrons. The molecule has 118 valence electrons. The molecule has 1 aromatic heterocycles. The maximum Gasteiger partial charge on any atom is 0.124 e. The number of rotatable bonds is 4. The fourth-order valence-corrected chi connectivity index (χ4v) is 2.79. The van der Waals surface area contributed by atoms with E-state index in [-0.39, 0.29) is 61.4 Å². The van der Waals surface area contributed by atoms with Crippen molar-refractivity contribution in [3.8, 4) is 0 Å². The molecular weight excluding hydrogens is 306 g/mol. The van der Waals surface area contributed by atoms with E-state index in [4.69, 9.17) is 22.6 Å². The Balaban J connectivity index is 1.83. The predicted molar refractivity (Wildman–Crippen MR) is 94.8 cm³/mol. The Morgan fingerprint density at radius 3 is 2.61 bits per heavy atom.